The van der Waals surface area contributed by atoms with E-state index in [9.17, 15) is 0 Å². The zero-order valence-corrected chi connectivity index (χ0v) is 6.86. The lowest BCUT2D eigenvalue weighted by Crippen LogP contribution is -2.02. The molecule has 2 N–H and O–H groups in total. The fourth-order valence-electron chi connectivity index (χ4n) is 0.695. The van der Waals surface area contributed by atoms with Crippen LogP contribution in [0.5, 0.6) is 0 Å². The second-order valence-corrected chi connectivity index (χ2v) is 2.68. The van der Waals surface area contributed by atoms with E-state index in [1.165, 1.54) is 12.0 Å². The zero-order valence-electron chi connectivity index (χ0n) is 6.86. The predicted molar refractivity (Wildman–Crippen MR) is 42.0 cm³/mol. The van der Waals surface area contributed by atoms with Gasteiger partial charge in [0.15, 0.2) is 0 Å². The molecule has 0 amide bonds. The number of nitrogens with two attached hydrogens (primary N) is 1. The maximum Gasteiger partial charge on any atom is 0.00406 e. The Morgan fingerprint density at radius 1 is 1.44 bits per heavy atom. The Kier molecular flexibility index (Phi) is 3.36. The second-order valence-electron chi connectivity index (χ2n) is 2.68. The van der Waals surface area contributed by atoms with Gasteiger partial charge in [-0.2, -0.15) is 0 Å². The first-order chi connectivity index (χ1) is 4.09. The van der Waals surface area contributed by atoms with E-state index < -0.39 is 0 Å². The maximum atomic E-state index is 5.59. The molecule has 0 rings (SSSR count). The van der Waals surface area contributed by atoms with Gasteiger partial charge in [0.05, 0.1) is 0 Å². The van der Waals surface area contributed by atoms with Gasteiger partial charge in [-0.15, -0.1) is 0 Å². The highest BCUT2D eigenvalue weighted by atomic mass is 14.6. The van der Waals surface area contributed by atoms with Crippen molar-refractivity contribution in [2.75, 3.05) is 0 Å². The number of hydrogen-bond acceptors (Lipinski definition) is 1. The predicted octanol–water partition coefficient (Wildman–Crippen LogP) is 2.29. The molecule has 0 saturated heterocycles. The molecule has 0 aliphatic heterocycles. The first-order valence-corrected chi connectivity index (χ1v) is 3.52. The lowest BCUT2D eigenvalue weighted by Gasteiger charge is -2.09. The number of rotatable bonds is 2. The fourth-order valence-corrected chi connectivity index (χ4v) is 0.695. The SMILES string of the molecule is CCC(C)C(C)=C(C)N. The summed E-state index contributed by atoms with van der Waals surface area (Å²) in [6.07, 6.45) is 1.18. The van der Waals surface area contributed by atoms with Gasteiger partial charge in [0.1, 0.15) is 0 Å². The topological polar surface area (TPSA) is 26.0 Å². The quantitative estimate of drug-likeness (QED) is 0.605. The molecule has 0 aromatic carbocycles. The molecule has 0 aromatic heterocycles. The summed E-state index contributed by atoms with van der Waals surface area (Å²) >= 11 is 0. The summed E-state index contributed by atoms with van der Waals surface area (Å²) in [6.45, 7) is 8.44. The van der Waals surface area contributed by atoms with E-state index >= 15 is 0 Å². The molecule has 9 heavy (non-hydrogen) atoms. The van der Waals surface area contributed by atoms with E-state index in [0.29, 0.717) is 5.92 Å². The van der Waals surface area contributed by atoms with Gasteiger partial charge in [0, 0.05) is 5.70 Å². The van der Waals surface area contributed by atoms with Crippen molar-refractivity contribution in [2.24, 2.45) is 11.7 Å². The van der Waals surface area contributed by atoms with Crippen molar-refractivity contribution in [3.63, 3.8) is 0 Å². The summed E-state index contributed by atoms with van der Waals surface area (Å²) in [5, 5.41) is 0. The lowest BCUT2D eigenvalue weighted by molar-refractivity contribution is 0.647. The van der Waals surface area contributed by atoms with Crippen molar-refractivity contribution in [3.8, 4) is 0 Å². The minimum atomic E-state index is 0.648. The van der Waals surface area contributed by atoms with Gasteiger partial charge < -0.3 is 5.73 Å². The third-order valence-electron chi connectivity index (χ3n) is 1.97. The summed E-state index contributed by atoms with van der Waals surface area (Å²) in [5.74, 6) is 0.648. The van der Waals surface area contributed by atoms with E-state index in [2.05, 4.69) is 20.8 Å². The molecule has 0 aromatic rings. The second kappa shape index (κ2) is 3.54. The highest BCUT2D eigenvalue weighted by molar-refractivity contribution is 5.08. The molecule has 0 fully saturated rings. The summed E-state index contributed by atoms with van der Waals surface area (Å²) in [4.78, 5) is 0. The van der Waals surface area contributed by atoms with Crippen LogP contribution in [0.1, 0.15) is 34.1 Å². The van der Waals surface area contributed by atoms with Crippen LogP contribution in [0.15, 0.2) is 11.3 Å². The van der Waals surface area contributed by atoms with Gasteiger partial charge in [-0.3, -0.25) is 0 Å². The smallest absolute Gasteiger partial charge is 0.00406 e. The average molecular weight is 127 g/mol. The highest BCUT2D eigenvalue weighted by Crippen LogP contribution is 2.14. The molecule has 0 aliphatic rings. The number of hydrogen-bond donors (Lipinski definition) is 1. The Labute approximate surface area is 57.9 Å². The van der Waals surface area contributed by atoms with Gasteiger partial charge in [-0.05, 0) is 26.2 Å². The third kappa shape index (κ3) is 2.54. The highest BCUT2D eigenvalue weighted by Gasteiger charge is 2.01. The van der Waals surface area contributed by atoms with Crippen LogP contribution in [-0.2, 0) is 0 Å². The largest absolute Gasteiger partial charge is 0.402 e. The maximum absolute atomic E-state index is 5.59. The molecule has 1 unspecified atom stereocenters. The summed E-state index contributed by atoms with van der Waals surface area (Å²) in [5.41, 5.74) is 7.90. The molecule has 0 bridgehead atoms. The Morgan fingerprint density at radius 2 is 1.89 bits per heavy atom. The van der Waals surface area contributed by atoms with Crippen LogP contribution in [0.25, 0.3) is 0 Å². The van der Waals surface area contributed by atoms with Crippen LogP contribution in [0.3, 0.4) is 0 Å². The first-order valence-electron chi connectivity index (χ1n) is 3.52. The molecule has 54 valence electrons. The molecule has 1 atom stereocenters. The van der Waals surface area contributed by atoms with E-state index in [0.717, 1.165) is 5.70 Å². The van der Waals surface area contributed by atoms with Gasteiger partial charge in [-0.25, -0.2) is 0 Å². The van der Waals surface area contributed by atoms with E-state index in [-0.39, 0.29) is 0 Å². The van der Waals surface area contributed by atoms with E-state index in [1.54, 1.807) is 0 Å². The minimum absolute atomic E-state index is 0.648. The van der Waals surface area contributed by atoms with Gasteiger partial charge in [0.25, 0.3) is 0 Å². The van der Waals surface area contributed by atoms with Crippen LogP contribution in [0, 0.1) is 5.92 Å². The molecule has 0 saturated carbocycles. The van der Waals surface area contributed by atoms with Crippen molar-refractivity contribution < 1.29 is 0 Å². The number of allylic oxidation sites excluding steroid dienone is 2. The van der Waals surface area contributed by atoms with Crippen LogP contribution >= 0.6 is 0 Å². The Morgan fingerprint density at radius 3 is 2.00 bits per heavy atom. The van der Waals surface area contributed by atoms with Crippen LogP contribution < -0.4 is 5.73 Å². The normalized spacial score (nSPS) is 16.9. The van der Waals surface area contributed by atoms with Crippen LogP contribution in [0.2, 0.25) is 0 Å². The van der Waals surface area contributed by atoms with E-state index in [4.69, 9.17) is 5.73 Å². The molecule has 1 nitrogen and oxygen atoms in total. The van der Waals surface area contributed by atoms with Crippen molar-refractivity contribution in [1.82, 2.24) is 0 Å². The van der Waals surface area contributed by atoms with Gasteiger partial charge >= 0.3 is 0 Å². The van der Waals surface area contributed by atoms with Crippen LogP contribution in [-0.4, -0.2) is 0 Å². The molecule has 1 heteroatoms. The molecule has 0 spiro atoms. The molecule has 0 heterocycles. The Hall–Kier alpha value is -0.460. The summed E-state index contributed by atoms with van der Waals surface area (Å²) < 4.78 is 0. The van der Waals surface area contributed by atoms with Crippen molar-refractivity contribution in [2.45, 2.75) is 34.1 Å². The molecular weight excluding hydrogens is 110 g/mol. The average Bonchev–Trinajstić information content (AvgIpc) is 1.84. The van der Waals surface area contributed by atoms with Crippen molar-refractivity contribution in [1.29, 1.82) is 0 Å². The van der Waals surface area contributed by atoms with Crippen molar-refractivity contribution in [3.05, 3.63) is 11.3 Å². The Bertz CT molecular complexity index is 110. The molecule has 0 aliphatic carbocycles. The molecular formula is C8H17N. The Balaban J connectivity index is 4.02. The lowest BCUT2D eigenvalue weighted by atomic mass is 9.99. The van der Waals surface area contributed by atoms with Gasteiger partial charge in [0.2, 0.25) is 0 Å². The molecule has 0 radical (unpaired) electrons. The summed E-state index contributed by atoms with van der Waals surface area (Å²) in [7, 11) is 0. The standard InChI is InChI=1S/C8H17N/c1-5-6(2)7(3)8(4)9/h6H,5,9H2,1-4H3. The first kappa shape index (κ1) is 8.54. The van der Waals surface area contributed by atoms with Gasteiger partial charge in [-0.1, -0.05) is 19.4 Å². The van der Waals surface area contributed by atoms with E-state index in [1.807, 2.05) is 6.92 Å². The summed E-state index contributed by atoms with van der Waals surface area (Å²) in [6, 6.07) is 0. The fraction of sp³-hybridized carbons (Fsp3) is 0.750. The monoisotopic (exact) mass is 127 g/mol. The zero-order chi connectivity index (χ0) is 7.44. The van der Waals surface area contributed by atoms with Crippen LogP contribution in [0.4, 0.5) is 0 Å². The third-order valence-corrected chi connectivity index (χ3v) is 1.97. The van der Waals surface area contributed by atoms with Crippen molar-refractivity contribution >= 4 is 0 Å². The minimum Gasteiger partial charge on any atom is -0.402 e.